The average Bonchev–Trinajstić information content (AvgIpc) is 2.95. The summed E-state index contributed by atoms with van der Waals surface area (Å²) < 4.78 is 0. The van der Waals surface area contributed by atoms with Crippen molar-refractivity contribution in [2.75, 3.05) is 6.54 Å². The van der Waals surface area contributed by atoms with E-state index in [1.807, 2.05) is 39.0 Å². The van der Waals surface area contributed by atoms with E-state index in [0.29, 0.717) is 12.8 Å². The summed E-state index contributed by atoms with van der Waals surface area (Å²) in [6.07, 6.45) is 0.987. The molecule has 0 saturated carbocycles. The Hall–Kier alpha value is -3.96. The van der Waals surface area contributed by atoms with Crippen LogP contribution in [0.2, 0.25) is 0 Å². The Balaban J connectivity index is 2.46. The lowest BCUT2D eigenvalue weighted by Gasteiger charge is -2.30. The molecule has 6 atom stereocenters. The number of amides is 6. The van der Waals surface area contributed by atoms with Gasteiger partial charge < -0.3 is 31.9 Å². The van der Waals surface area contributed by atoms with Crippen molar-refractivity contribution in [2.45, 2.75) is 97.9 Å². The maximum Gasteiger partial charge on any atom is 0.243 e. The van der Waals surface area contributed by atoms with Gasteiger partial charge in [-0.2, -0.15) is 0 Å². The normalized spacial score (nSPS) is 25.8. The summed E-state index contributed by atoms with van der Waals surface area (Å²) in [5.74, 6) is -4.05. The minimum atomic E-state index is -1.05. The second kappa shape index (κ2) is 16.6. The molecule has 0 aliphatic carbocycles. The third-order valence-electron chi connectivity index (χ3n) is 7.49. The highest BCUT2D eigenvalue weighted by Gasteiger charge is 2.35. The van der Waals surface area contributed by atoms with E-state index in [-0.39, 0.29) is 24.2 Å². The molecule has 6 N–H and O–H groups in total. The minimum Gasteiger partial charge on any atom is -0.345 e. The summed E-state index contributed by atoms with van der Waals surface area (Å²) in [6, 6.07) is 4.02. The van der Waals surface area contributed by atoms with E-state index in [1.165, 1.54) is 6.92 Å². The molecule has 1 heterocycles. The van der Waals surface area contributed by atoms with Gasteiger partial charge in [0.15, 0.2) is 0 Å². The molecular weight excluding hydrogens is 552 g/mol. The number of hydrogen-bond donors (Lipinski definition) is 6. The smallest absolute Gasteiger partial charge is 0.243 e. The molecule has 1 aliphatic heterocycles. The first kappa shape index (κ1) is 35.2. The zero-order valence-electron chi connectivity index (χ0n) is 26.3. The van der Waals surface area contributed by atoms with Crippen LogP contribution in [0.1, 0.15) is 66.9 Å². The number of nitrogens with one attached hydrogen (secondary N) is 6. The van der Waals surface area contributed by atoms with Crippen LogP contribution in [-0.4, -0.2) is 72.2 Å². The van der Waals surface area contributed by atoms with Crippen LogP contribution in [0.15, 0.2) is 30.3 Å². The van der Waals surface area contributed by atoms with E-state index >= 15 is 0 Å². The highest BCUT2D eigenvalue weighted by Crippen LogP contribution is 2.12. The van der Waals surface area contributed by atoms with Crippen molar-refractivity contribution in [1.82, 2.24) is 31.9 Å². The third kappa shape index (κ3) is 11.0. The molecule has 1 aliphatic rings. The summed E-state index contributed by atoms with van der Waals surface area (Å²) in [6.45, 7) is 12.0. The number of carbonyl (C=O) groups excluding carboxylic acids is 6. The van der Waals surface area contributed by atoms with Gasteiger partial charge in [-0.3, -0.25) is 28.8 Å². The zero-order chi connectivity index (χ0) is 32.3. The number of benzene rings is 1. The third-order valence-corrected chi connectivity index (χ3v) is 7.49. The SMILES string of the molecule is CCC(C)C1NC(=O)C(C)NC(=O)C(Cc2ccccc2)NC(=O)CNC(=O)C(CC(C)C)NC(=O)C(C(C)C)NC1=O. The first-order chi connectivity index (χ1) is 20.2. The molecule has 12 nitrogen and oxygen atoms in total. The van der Waals surface area contributed by atoms with E-state index in [2.05, 4.69) is 31.9 Å². The highest BCUT2D eigenvalue weighted by atomic mass is 16.2. The quantitative estimate of drug-likeness (QED) is 0.267. The first-order valence-electron chi connectivity index (χ1n) is 15.1. The molecule has 1 aromatic rings. The Morgan fingerprint density at radius 1 is 0.698 bits per heavy atom. The molecule has 0 radical (unpaired) electrons. The van der Waals surface area contributed by atoms with Gasteiger partial charge in [0, 0.05) is 6.42 Å². The van der Waals surface area contributed by atoms with E-state index in [9.17, 15) is 28.8 Å². The monoisotopic (exact) mass is 600 g/mol. The average molecular weight is 601 g/mol. The van der Waals surface area contributed by atoms with Gasteiger partial charge in [0.25, 0.3) is 0 Å². The fourth-order valence-corrected chi connectivity index (χ4v) is 4.70. The van der Waals surface area contributed by atoms with Gasteiger partial charge in [0.05, 0.1) is 6.54 Å². The summed E-state index contributed by atoms with van der Waals surface area (Å²) in [7, 11) is 0. The van der Waals surface area contributed by atoms with Crippen molar-refractivity contribution in [3.63, 3.8) is 0 Å². The van der Waals surface area contributed by atoms with E-state index in [4.69, 9.17) is 0 Å². The molecule has 6 unspecified atom stereocenters. The summed E-state index contributed by atoms with van der Waals surface area (Å²) in [5.41, 5.74) is 0.777. The van der Waals surface area contributed by atoms with Crippen molar-refractivity contribution >= 4 is 35.4 Å². The molecule has 1 fully saturated rings. The molecule has 6 amide bonds. The lowest BCUT2D eigenvalue weighted by atomic mass is 9.95. The largest absolute Gasteiger partial charge is 0.345 e. The van der Waals surface area contributed by atoms with Crippen LogP contribution >= 0.6 is 0 Å². The molecule has 0 bridgehead atoms. The molecule has 12 heteroatoms. The fraction of sp³-hybridized carbons (Fsp3) is 0.613. The van der Waals surface area contributed by atoms with Crippen LogP contribution in [0.25, 0.3) is 0 Å². The van der Waals surface area contributed by atoms with Crippen LogP contribution in [0.3, 0.4) is 0 Å². The predicted molar refractivity (Wildman–Crippen MR) is 162 cm³/mol. The van der Waals surface area contributed by atoms with Gasteiger partial charge in [0.1, 0.15) is 30.2 Å². The second-order valence-corrected chi connectivity index (χ2v) is 12.1. The van der Waals surface area contributed by atoms with Crippen LogP contribution in [0, 0.1) is 17.8 Å². The van der Waals surface area contributed by atoms with Crippen molar-refractivity contribution in [3.05, 3.63) is 35.9 Å². The lowest BCUT2D eigenvalue weighted by Crippen LogP contribution is -2.61. The zero-order valence-corrected chi connectivity index (χ0v) is 26.3. The van der Waals surface area contributed by atoms with Gasteiger partial charge >= 0.3 is 0 Å². The Bertz CT molecular complexity index is 1140. The van der Waals surface area contributed by atoms with Crippen LogP contribution in [0.4, 0.5) is 0 Å². The standard InChI is InChI=1S/C31H48N6O6/c1-8-19(6)26-31(43)36-25(18(4)5)30(42)35-22(14-17(2)3)28(40)32-16-24(38)34-23(15-21-12-10-9-11-13-21)29(41)33-20(7)27(39)37-26/h9-13,17-20,22-23,25-26H,8,14-16H2,1-7H3,(H,32,40)(H,33,41)(H,34,38)(H,35,42)(H,36,43)(H,37,39). The summed E-state index contributed by atoms with van der Waals surface area (Å²) in [5, 5.41) is 16.1. The number of carbonyl (C=O) groups is 6. The fourth-order valence-electron chi connectivity index (χ4n) is 4.70. The van der Waals surface area contributed by atoms with E-state index in [0.717, 1.165) is 5.56 Å². The van der Waals surface area contributed by atoms with Gasteiger partial charge in [0.2, 0.25) is 35.4 Å². The van der Waals surface area contributed by atoms with Crippen LogP contribution in [-0.2, 0) is 35.2 Å². The van der Waals surface area contributed by atoms with Crippen molar-refractivity contribution < 1.29 is 28.8 Å². The molecule has 1 aromatic carbocycles. The van der Waals surface area contributed by atoms with Gasteiger partial charge in [-0.25, -0.2) is 0 Å². The minimum absolute atomic E-state index is 0.0285. The number of hydrogen-bond acceptors (Lipinski definition) is 6. The maximum atomic E-state index is 13.5. The highest BCUT2D eigenvalue weighted by molar-refractivity contribution is 5.97. The van der Waals surface area contributed by atoms with Crippen molar-refractivity contribution in [2.24, 2.45) is 17.8 Å². The summed E-state index contributed by atoms with van der Waals surface area (Å²) >= 11 is 0. The summed E-state index contributed by atoms with van der Waals surface area (Å²) in [4.78, 5) is 79.5. The Morgan fingerprint density at radius 2 is 1.30 bits per heavy atom. The van der Waals surface area contributed by atoms with E-state index in [1.54, 1.807) is 32.9 Å². The number of rotatable bonds is 7. The van der Waals surface area contributed by atoms with E-state index < -0.39 is 72.2 Å². The lowest BCUT2D eigenvalue weighted by molar-refractivity contribution is -0.137. The molecule has 0 aromatic heterocycles. The Labute approximate surface area is 254 Å². The molecular formula is C31H48N6O6. The van der Waals surface area contributed by atoms with Crippen molar-refractivity contribution in [1.29, 1.82) is 0 Å². The molecule has 43 heavy (non-hydrogen) atoms. The molecule has 1 saturated heterocycles. The van der Waals surface area contributed by atoms with Crippen molar-refractivity contribution in [3.8, 4) is 0 Å². The Kier molecular flexibility index (Phi) is 13.6. The van der Waals surface area contributed by atoms with Gasteiger partial charge in [-0.1, -0.05) is 78.3 Å². The molecule has 2 rings (SSSR count). The maximum absolute atomic E-state index is 13.5. The topological polar surface area (TPSA) is 175 Å². The second-order valence-electron chi connectivity index (χ2n) is 12.1. The van der Waals surface area contributed by atoms with Gasteiger partial charge in [-0.05, 0) is 36.7 Å². The molecule has 238 valence electrons. The first-order valence-corrected chi connectivity index (χ1v) is 15.1. The van der Waals surface area contributed by atoms with Crippen LogP contribution < -0.4 is 31.9 Å². The molecule has 0 spiro atoms. The predicted octanol–water partition coefficient (Wildman–Crippen LogP) is 0.551. The van der Waals surface area contributed by atoms with Crippen LogP contribution in [0.5, 0.6) is 0 Å². The Morgan fingerprint density at radius 3 is 1.88 bits per heavy atom. The van der Waals surface area contributed by atoms with Gasteiger partial charge in [-0.15, -0.1) is 0 Å².